The molecule has 0 unspecified atom stereocenters. The number of hydrogen-bond acceptors (Lipinski definition) is 4. The fraction of sp³-hybridized carbons (Fsp3) is 0.222. The highest BCUT2D eigenvalue weighted by Gasteiger charge is 2.11. The smallest absolute Gasteiger partial charge is 0.259 e. The molecule has 5 nitrogen and oxygen atoms in total. The van der Waals surface area contributed by atoms with Gasteiger partial charge < -0.3 is 15.8 Å². The van der Waals surface area contributed by atoms with Crippen molar-refractivity contribution < 1.29 is 9.53 Å². The Labute approximate surface area is 136 Å². The summed E-state index contributed by atoms with van der Waals surface area (Å²) in [6.45, 7) is 4.39. The summed E-state index contributed by atoms with van der Waals surface area (Å²) < 4.78 is 5.64. The average molecular weight is 311 g/mol. The van der Waals surface area contributed by atoms with Crippen molar-refractivity contribution in [3.05, 3.63) is 59.8 Å². The van der Waals surface area contributed by atoms with Crippen molar-refractivity contribution in [1.82, 2.24) is 4.98 Å². The molecule has 3 N–H and O–H groups in total. The number of nitrogens with two attached hydrogens (primary N) is 1. The number of rotatable bonds is 6. The molecule has 0 bridgehead atoms. The molecule has 1 heterocycles. The topological polar surface area (TPSA) is 77.2 Å². The Bertz CT molecular complexity index is 711. The van der Waals surface area contributed by atoms with E-state index < -0.39 is 0 Å². The third-order valence-electron chi connectivity index (χ3n) is 3.19. The van der Waals surface area contributed by atoms with E-state index in [9.17, 15) is 4.79 Å². The Hall–Kier alpha value is -2.82. The van der Waals surface area contributed by atoms with Crippen molar-refractivity contribution in [3.63, 3.8) is 0 Å². The standard InChI is InChI=1S/C18H21N3O2/c1-3-4-5-11-23-15-8-6-7-14(12-15)21-18(22)16-10-9-13(2)20-17(16)19/h3-4,6-10,12H,5,11H2,1-2H3,(H2,19,20)(H,21,22). The molecule has 0 spiro atoms. The first kappa shape index (κ1) is 16.5. The predicted molar refractivity (Wildman–Crippen MR) is 92.7 cm³/mol. The van der Waals surface area contributed by atoms with Gasteiger partial charge in [-0.15, -0.1) is 0 Å². The van der Waals surface area contributed by atoms with Crippen LogP contribution in [0.5, 0.6) is 5.75 Å². The maximum absolute atomic E-state index is 12.3. The van der Waals surface area contributed by atoms with Crippen LogP contribution in [0.1, 0.15) is 29.4 Å². The van der Waals surface area contributed by atoms with Crippen LogP contribution in [0.25, 0.3) is 0 Å². The lowest BCUT2D eigenvalue weighted by molar-refractivity contribution is 0.102. The highest BCUT2D eigenvalue weighted by Crippen LogP contribution is 2.19. The molecule has 0 saturated carbocycles. The van der Waals surface area contributed by atoms with Gasteiger partial charge in [-0.05, 0) is 44.5 Å². The summed E-state index contributed by atoms with van der Waals surface area (Å²) in [6, 6.07) is 10.7. The molecular weight excluding hydrogens is 290 g/mol. The van der Waals surface area contributed by atoms with Crippen LogP contribution < -0.4 is 15.8 Å². The minimum Gasteiger partial charge on any atom is -0.493 e. The second-order valence-corrected chi connectivity index (χ2v) is 5.07. The number of benzene rings is 1. The van der Waals surface area contributed by atoms with E-state index in [1.807, 2.05) is 38.1 Å². The Morgan fingerprint density at radius 3 is 2.91 bits per heavy atom. The lowest BCUT2D eigenvalue weighted by Crippen LogP contribution is -2.15. The molecule has 0 saturated heterocycles. The van der Waals surface area contributed by atoms with Crippen LogP contribution in [-0.2, 0) is 0 Å². The predicted octanol–water partition coefficient (Wildman–Crippen LogP) is 3.57. The largest absolute Gasteiger partial charge is 0.493 e. The Balaban J connectivity index is 2.03. The number of carbonyl (C=O) groups excluding carboxylic acids is 1. The van der Waals surface area contributed by atoms with Gasteiger partial charge in [0.25, 0.3) is 5.91 Å². The normalized spacial score (nSPS) is 10.7. The number of aromatic nitrogens is 1. The molecule has 0 atom stereocenters. The molecule has 5 heteroatoms. The molecule has 1 aromatic carbocycles. The van der Waals surface area contributed by atoms with Crippen LogP contribution in [0, 0.1) is 6.92 Å². The van der Waals surface area contributed by atoms with Gasteiger partial charge in [0, 0.05) is 17.4 Å². The number of allylic oxidation sites excluding steroid dienone is 1. The number of ether oxygens (including phenoxy) is 1. The van der Waals surface area contributed by atoms with E-state index in [1.54, 1.807) is 24.3 Å². The molecule has 23 heavy (non-hydrogen) atoms. The Morgan fingerprint density at radius 2 is 2.17 bits per heavy atom. The molecule has 2 aromatic rings. The summed E-state index contributed by atoms with van der Waals surface area (Å²) >= 11 is 0. The van der Waals surface area contributed by atoms with Gasteiger partial charge in [0.1, 0.15) is 11.6 Å². The number of pyridine rings is 1. The minimum atomic E-state index is -0.291. The van der Waals surface area contributed by atoms with Crippen LogP contribution in [0.4, 0.5) is 11.5 Å². The number of nitrogens with zero attached hydrogens (tertiary/aromatic N) is 1. The van der Waals surface area contributed by atoms with Crippen molar-refractivity contribution in [2.45, 2.75) is 20.3 Å². The zero-order valence-electron chi connectivity index (χ0n) is 13.4. The second kappa shape index (κ2) is 7.98. The van der Waals surface area contributed by atoms with Gasteiger partial charge >= 0.3 is 0 Å². The van der Waals surface area contributed by atoms with Crippen molar-refractivity contribution in [1.29, 1.82) is 0 Å². The van der Waals surface area contributed by atoms with Gasteiger partial charge in [-0.25, -0.2) is 4.98 Å². The van der Waals surface area contributed by atoms with E-state index in [0.717, 1.165) is 12.1 Å². The van der Waals surface area contributed by atoms with Crippen molar-refractivity contribution in [2.24, 2.45) is 0 Å². The zero-order valence-corrected chi connectivity index (χ0v) is 13.4. The quantitative estimate of drug-likeness (QED) is 0.631. The van der Waals surface area contributed by atoms with E-state index in [-0.39, 0.29) is 11.7 Å². The summed E-state index contributed by atoms with van der Waals surface area (Å²) in [5.74, 6) is 0.643. The monoisotopic (exact) mass is 311 g/mol. The maximum Gasteiger partial charge on any atom is 0.259 e. The number of nitrogens with one attached hydrogen (secondary N) is 1. The van der Waals surface area contributed by atoms with Crippen molar-refractivity contribution in [2.75, 3.05) is 17.7 Å². The first-order valence-corrected chi connectivity index (χ1v) is 7.48. The van der Waals surface area contributed by atoms with Crippen molar-refractivity contribution in [3.8, 4) is 5.75 Å². The highest BCUT2D eigenvalue weighted by atomic mass is 16.5. The average Bonchev–Trinajstić information content (AvgIpc) is 2.52. The van der Waals surface area contributed by atoms with E-state index >= 15 is 0 Å². The van der Waals surface area contributed by atoms with Gasteiger partial charge in [0.2, 0.25) is 0 Å². The molecule has 0 aliphatic heterocycles. The molecule has 0 aliphatic carbocycles. The van der Waals surface area contributed by atoms with E-state index in [2.05, 4.69) is 10.3 Å². The van der Waals surface area contributed by atoms with Crippen LogP contribution in [0.2, 0.25) is 0 Å². The first-order chi connectivity index (χ1) is 11.1. The van der Waals surface area contributed by atoms with E-state index in [0.29, 0.717) is 23.6 Å². The Kier molecular flexibility index (Phi) is 5.74. The van der Waals surface area contributed by atoms with E-state index in [4.69, 9.17) is 10.5 Å². The number of nitrogen functional groups attached to an aromatic ring is 1. The SMILES string of the molecule is CC=CCCOc1cccc(NC(=O)c2ccc(C)nc2N)c1. The van der Waals surface area contributed by atoms with Gasteiger partial charge in [0.15, 0.2) is 0 Å². The second-order valence-electron chi connectivity index (χ2n) is 5.07. The lowest BCUT2D eigenvalue weighted by Gasteiger charge is -2.10. The third kappa shape index (κ3) is 4.85. The van der Waals surface area contributed by atoms with Crippen LogP contribution in [0.15, 0.2) is 48.6 Å². The van der Waals surface area contributed by atoms with Gasteiger partial charge in [-0.1, -0.05) is 18.2 Å². The van der Waals surface area contributed by atoms with Gasteiger partial charge in [-0.3, -0.25) is 4.79 Å². The summed E-state index contributed by atoms with van der Waals surface area (Å²) in [5.41, 5.74) is 7.58. The van der Waals surface area contributed by atoms with Crippen LogP contribution in [-0.4, -0.2) is 17.5 Å². The number of amides is 1. The van der Waals surface area contributed by atoms with Gasteiger partial charge in [-0.2, -0.15) is 0 Å². The molecule has 0 fully saturated rings. The number of anilines is 2. The van der Waals surface area contributed by atoms with E-state index in [1.165, 1.54) is 0 Å². The summed E-state index contributed by atoms with van der Waals surface area (Å²) in [5, 5.41) is 2.81. The van der Waals surface area contributed by atoms with Crippen LogP contribution in [0.3, 0.4) is 0 Å². The fourth-order valence-corrected chi connectivity index (χ4v) is 2.04. The molecular formula is C18H21N3O2. The van der Waals surface area contributed by atoms with Gasteiger partial charge in [0.05, 0.1) is 12.2 Å². The molecule has 0 aliphatic rings. The highest BCUT2D eigenvalue weighted by molar-refractivity contribution is 6.07. The third-order valence-corrected chi connectivity index (χ3v) is 3.19. The zero-order chi connectivity index (χ0) is 16.7. The number of hydrogen-bond donors (Lipinski definition) is 2. The summed E-state index contributed by atoms with van der Waals surface area (Å²) in [6.07, 6.45) is 4.87. The minimum absolute atomic E-state index is 0.223. The molecule has 1 amide bonds. The first-order valence-electron chi connectivity index (χ1n) is 7.48. The Morgan fingerprint density at radius 1 is 1.35 bits per heavy atom. The number of carbonyl (C=O) groups is 1. The summed E-state index contributed by atoms with van der Waals surface area (Å²) in [4.78, 5) is 16.4. The molecule has 120 valence electrons. The molecule has 1 aromatic heterocycles. The fourth-order valence-electron chi connectivity index (χ4n) is 2.04. The van der Waals surface area contributed by atoms with Crippen LogP contribution >= 0.6 is 0 Å². The summed E-state index contributed by atoms with van der Waals surface area (Å²) in [7, 11) is 0. The number of aryl methyl sites for hydroxylation is 1. The van der Waals surface area contributed by atoms with Crippen molar-refractivity contribution >= 4 is 17.4 Å². The maximum atomic E-state index is 12.3. The molecule has 2 rings (SSSR count). The molecule has 0 radical (unpaired) electrons. The lowest BCUT2D eigenvalue weighted by atomic mass is 10.2.